The number of nitrogens with one attached hydrogen (secondary N) is 1. The zero-order chi connectivity index (χ0) is 9.68. The predicted octanol–water partition coefficient (Wildman–Crippen LogP) is 2.12. The van der Waals surface area contributed by atoms with Crippen molar-refractivity contribution in [1.29, 1.82) is 0 Å². The Kier molecular flexibility index (Phi) is 3.63. The van der Waals surface area contributed by atoms with Crippen molar-refractivity contribution >= 4 is 27.8 Å². The maximum absolute atomic E-state index is 10.2. The van der Waals surface area contributed by atoms with Gasteiger partial charge in [-0.3, -0.25) is 0 Å². The van der Waals surface area contributed by atoms with Gasteiger partial charge >= 0.3 is 5.82 Å². The van der Waals surface area contributed by atoms with E-state index in [9.17, 15) is 10.1 Å². The number of H-pyrrole nitrogens is 1. The maximum Gasteiger partial charge on any atom is 0.340 e. The highest BCUT2D eigenvalue weighted by molar-refractivity contribution is 9.09. The number of nitrogens with zero attached hydrogens (tertiary/aromatic N) is 2. The summed E-state index contributed by atoms with van der Waals surface area (Å²) in [6.45, 7) is 0. The van der Waals surface area contributed by atoms with E-state index in [1.165, 1.54) is 6.20 Å². The Hall–Kier alpha value is -1.17. The Morgan fingerprint density at radius 3 is 3.08 bits per heavy atom. The zero-order valence-corrected chi connectivity index (χ0v) is 8.32. The van der Waals surface area contributed by atoms with E-state index in [4.69, 9.17) is 0 Å². The second kappa shape index (κ2) is 4.76. The Morgan fingerprint density at radius 2 is 2.54 bits per heavy atom. The van der Waals surface area contributed by atoms with Crippen LogP contribution in [0.3, 0.4) is 0 Å². The third kappa shape index (κ3) is 2.98. The first-order valence-corrected chi connectivity index (χ1v) is 4.78. The van der Waals surface area contributed by atoms with Crippen molar-refractivity contribution in [3.05, 3.63) is 28.2 Å². The maximum atomic E-state index is 10.2. The highest BCUT2D eigenvalue weighted by Crippen LogP contribution is 2.07. The summed E-state index contributed by atoms with van der Waals surface area (Å²) in [6.07, 6.45) is 5.67. The normalized spacial score (nSPS) is 10.8. The summed E-state index contributed by atoms with van der Waals surface area (Å²) in [4.78, 5) is 16.1. The van der Waals surface area contributed by atoms with E-state index in [-0.39, 0.29) is 5.82 Å². The molecule has 0 saturated heterocycles. The van der Waals surface area contributed by atoms with Gasteiger partial charge in [-0.1, -0.05) is 22.0 Å². The number of alkyl halides is 1. The fourth-order valence-electron chi connectivity index (χ4n) is 0.762. The van der Waals surface area contributed by atoms with Crippen molar-refractivity contribution in [1.82, 2.24) is 9.97 Å². The molecule has 1 N–H and O–H groups in total. The lowest BCUT2D eigenvalue weighted by atomic mass is 10.4. The average Bonchev–Trinajstić information content (AvgIpc) is 2.53. The quantitative estimate of drug-likeness (QED) is 0.502. The second-order valence-electron chi connectivity index (χ2n) is 2.29. The van der Waals surface area contributed by atoms with E-state index in [0.717, 1.165) is 11.8 Å². The fourth-order valence-corrected chi connectivity index (χ4v) is 1.03. The summed E-state index contributed by atoms with van der Waals surface area (Å²) in [6, 6.07) is 0. The smallest absolute Gasteiger partial charge is 0.340 e. The lowest BCUT2D eigenvalue weighted by molar-refractivity contribution is -0.389. The molecule has 0 unspecified atom stereocenters. The molecule has 1 aromatic heterocycles. The molecule has 0 aromatic carbocycles. The minimum atomic E-state index is -0.505. The van der Waals surface area contributed by atoms with Gasteiger partial charge in [0.25, 0.3) is 0 Å². The van der Waals surface area contributed by atoms with Gasteiger partial charge in [0.15, 0.2) is 0 Å². The highest BCUT2D eigenvalue weighted by Gasteiger charge is 2.06. The van der Waals surface area contributed by atoms with Crippen molar-refractivity contribution < 1.29 is 4.92 Å². The summed E-state index contributed by atoms with van der Waals surface area (Å²) in [7, 11) is 0. The monoisotopic (exact) mass is 245 g/mol. The van der Waals surface area contributed by atoms with E-state index in [1.54, 1.807) is 6.08 Å². The van der Waals surface area contributed by atoms with Crippen molar-refractivity contribution in [2.75, 3.05) is 5.33 Å². The number of imidazole rings is 1. The van der Waals surface area contributed by atoms with Crippen LogP contribution in [0.25, 0.3) is 6.08 Å². The van der Waals surface area contributed by atoms with Gasteiger partial charge in [0.2, 0.25) is 5.82 Å². The minimum absolute atomic E-state index is 0.0847. The average molecular weight is 246 g/mol. The number of rotatable bonds is 4. The topological polar surface area (TPSA) is 71.8 Å². The van der Waals surface area contributed by atoms with Crippen LogP contribution < -0.4 is 0 Å². The molecule has 70 valence electrons. The Balaban J connectivity index is 2.64. The predicted molar refractivity (Wildman–Crippen MR) is 52.7 cm³/mol. The van der Waals surface area contributed by atoms with Gasteiger partial charge in [-0.15, -0.1) is 0 Å². The number of halogens is 1. The highest BCUT2D eigenvalue weighted by atomic mass is 79.9. The molecule has 1 rings (SSSR count). The Labute approximate surface area is 83.2 Å². The van der Waals surface area contributed by atoms with Crippen LogP contribution in [0.15, 0.2) is 12.3 Å². The molecule has 1 heterocycles. The number of hydrogen-bond acceptors (Lipinski definition) is 3. The summed E-state index contributed by atoms with van der Waals surface area (Å²) in [5.74, 6) is 0.422. The molecule has 0 fully saturated rings. The fraction of sp³-hybridized carbons (Fsp3) is 0.286. The van der Waals surface area contributed by atoms with Gasteiger partial charge in [0, 0.05) is 11.4 Å². The molecule has 0 aliphatic heterocycles. The molecule has 0 amide bonds. The molecule has 1 aromatic rings. The summed E-state index contributed by atoms with van der Waals surface area (Å²) < 4.78 is 0. The van der Waals surface area contributed by atoms with Crippen LogP contribution in [0.5, 0.6) is 0 Å². The SMILES string of the molecule is O=[N+]([O-])c1cnc(C=CCCBr)[nH]1. The van der Waals surface area contributed by atoms with Crippen LogP contribution in [0.1, 0.15) is 12.2 Å². The van der Waals surface area contributed by atoms with Crippen LogP contribution in [0.4, 0.5) is 5.82 Å². The molecule has 0 radical (unpaired) electrons. The summed E-state index contributed by atoms with van der Waals surface area (Å²) >= 11 is 3.26. The first-order chi connectivity index (χ1) is 6.24. The van der Waals surface area contributed by atoms with Crippen molar-refractivity contribution in [3.63, 3.8) is 0 Å². The van der Waals surface area contributed by atoms with Gasteiger partial charge in [-0.2, -0.15) is 0 Å². The van der Waals surface area contributed by atoms with Crippen molar-refractivity contribution in [2.45, 2.75) is 6.42 Å². The second-order valence-corrected chi connectivity index (χ2v) is 3.08. The molecule has 0 aliphatic carbocycles. The van der Waals surface area contributed by atoms with Crippen molar-refractivity contribution in [3.8, 4) is 0 Å². The van der Waals surface area contributed by atoms with Crippen LogP contribution >= 0.6 is 15.9 Å². The van der Waals surface area contributed by atoms with Gasteiger partial charge < -0.3 is 10.1 Å². The molecule has 0 spiro atoms. The first-order valence-electron chi connectivity index (χ1n) is 3.66. The number of aromatic amines is 1. The van der Waals surface area contributed by atoms with Gasteiger partial charge in [0.1, 0.15) is 6.20 Å². The number of nitro groups is 1. The third-order valence-corrected chi connectivity index (χ3v) is 1.79. The van der Waals surface area contributed by atoms with Crippen molar-refractivity contribution in [2.24, 2.45) is 0 Å². The van der Waals surface area contributed by atoms with E-state index in [0.29, 0.717) is 5.82 Å². The molecule has 0 bridgehead atoms. The van der Waals surface area contributed by atoms with Crippen LogP contribution in [0, 0.1) is 10.1 Å². The first kappa shape index (κ1) is 9.91. The van der Waals surface area contributed by atoms with E-state index in [1.807, 2.05) is 6.08 Å². The van der Waals surface area contributed by atoms with E-state index >= 15 is 0 Å². The summed E-state index contributed by atoms with van der Waals surface area (Å²) in [5, 5.41) is 11.1. The van der Waals surface area contributed by atoms with Crippen LogP contribution in [0.2, 0.25) is 0 Å². The molecule has 6 heteroatoms. The lowest BCUT2D eigenvalue weighted by Crippen LogP contribution is -1.86. The van der Waals surface area contributed by atoms with E-state index < -0.39 is 4.92 Å². The van der Waals surface area contributed by atoms with Crippen LogP contribution in [-0.4, -0.2) is 20.2 Å². The number of aromatic nitrogens is 2. The zero-order valence-electron chi connectivity index (χ0n) is 6.74. The van der Waals surface area contributed by atoms with E-state index in [2.05, 4.69) is 25.9 Å². The molecule has 0 atom stereocenters. The molecule has 5 nitrogen and oxygen atoms in total. The standard InChI is InChI=1S/C7H8BrN3O2/c8-4-2-1-3-6-9-5-7(10-6)11(12)13/h1,3,5H,2,4H2,(H,9,10). The molecule has 0 aliphatic rings. The Bertz CT molecular complexity index is 321. The molecule has 0 saturated carbocycles. The molecule has 13 heavy (non-hydrogen) atoms. The lowest BCUT2D eigenvalue weighted by Gasteiger charge is -1.85. The third-order valence-electron chi connectivity index (χ3n) is 1.33. The number of allylic oxidation sites excluding steroid dienone is 1. The molecular formula is C7H8BrN3O2. The largest absolute Gasteiger partial charge is 0.358 e. The summed E-state index contributed by atoms with van der Waals surface area (Å²) in [5.41, 5.74) is 0. The Morgan fingerprint density at radius 1 is 1.77 bits per heavy atom. The molecular weight excluding hydrogens is 238 g/mol. The van der Waals surface area contributed by atoms with Gasteiger partial charge in [-0.25, -0.2) is 9.97 Å². The van der Waals surface area contributed by atoms with Crippen LogP contribution in [-0.2, 0) is 0 Å². The minimum Gasteiger partial charge on any atom is -0.358 e. The van der Waals surface area contributed by atoms with Gasteiger partial charge in [-0.05, 0) is 11.3 Å². The van der Waals surface area contributed by atoms with Gasteiger partial charge in [0.05, 0.1) is 0 Å². The number of hydrogen-bond donors (Lipinski definition) is 1.